The molecule has 0 unspecified atom stereocenters. The molecule has 0 saturated carbocycles. The van der Waals surface area contributed by atoms with Gasteiger partial charge in [0.25, 0.3) is 11.8 Å². The van der Waals surface area contributed by atoms with Gasteiger partial charge in [-0.05, 0) is 24.1 Å². The molecule has 1 aromatic carbocycles. The van der Waals surface area contributed by atoms with Gasteiger partial charge in [0.2, 0.25) is 0 Å². The standard InChI is InChI=1S/C18H20ClN3O3/c1-25-8-4-7-21-17(23)14-9-15(11-20-10-14)18(24)22-12-13-5-2-3-6-16(13)19/h2-3,5-6,9-11H,4,7-8,12H2,1H3,(H,21,23)(H,22,24). The van der Waals surface area contributed by atoms with Gasteiger partial charge in [-0.15, -0.1) is 0 Å². The van der Waals surface area contributed by atoms with Crippen LogP contribution in [0.25, 0.3) is 0 Å². The monoisotopic (exact) mass is 361 g/mol. The van der Waals surface area contributed by atoms with Crippen LogP contribution in [0.4, 0.5) is 0 Å². The summed E-state index contributed by atoms with van der Waals surface area (Å²) in [5, 5.41) is 6.12. The van der Waals surface area contributed by atoms with E-state index in [1.807, 2.05) is 18.2 Å². The molecule has 6 nitrogen and oxygen atoms in total. The van der Waals surface area contributed by atoms with E-state index in [0.29, 0.717) is 42.3 Å². The van der Waals surface area contributed by atoms with Gasteiger partial charge in [-0.25, -0.2) is 0 Å². The Hall–Kier alpha value is -2.44. The van der Waals surface area contributed by atoms with E-state index in [9.17, 15) is 9.59 Å². The Morgan fingerprint density at radius 2 is 1.80 bits per heavy atom. The van der Waals surface area contributed by atoms with Crippen molar-refractivity contribution in [3.05, 3.63) is 64.4 Å². The van der Waals surface area contributed by atoms with Gasteiger partial charge in [-0.1, -0.05) is 29.8 Å². The molecule has 132 valence electrons. The molecule has 2 aromatic rings. The first-order chi connectivity index (χ1) is 12.1. The van der Waals surface area contributed by atoms with Gasteiger partial charge in [0.05, 0.1) is 11.1 Å². The second-order valence-corrected chi connectivity index (χ2v) is 5.75. The third kappa shape index (κ3) is 5.85. The zero-order valence-corrected chi connectivity index (χ0v) is 14.7. The number of pyridine rings is 1. The van der Waals surface area contributed by atoms with Gasteiger partial charge in [0.1, 0.15) is 0 Å². The molecule has 1 heterocycles. The highest BCUT2D eigenvalue weighted by atomic mass is 35.5. The van der Waals surface area contributed by atoms with Crippen LogP contribution in [0, 0.1) is 0 Å². The van der Waals surface area contributed by atoms with Gasteiger partial charge in [-0.3, -0.25) is 14.6 Å². The minimum absolute atomic E-state index is 0.274. The number of halogens is 1. The number of methoxy groups -OCH3 is 1. The molecule has 0 bridgehead atoms. The second-order valence-electron chi connectivity index (χ2n) is 5.34. The fourth-order valence-electron chi connectivity index (χ4n) is 2.13. The fraction of sp³-hybridized carbons (Fsp3) is 0.278. The highest BCUT2D eigenvalue weighted by Crippen LogP contribution is 2.14. The number of nitrogens with zero attached hydrogens (tertiary/aromatic N) is 1. The second kappa shape index (κ2) is 9.76. The van der Waals surface area contributed by atoms with Gasteiger partial charge < -0.3 is 15.4 Å². The topological polar surface area (TPSA) is 80.3 Å². The van der Waals surface area contributed by atoms with Gasteiger partial charge in [0.15, 0.2) is 0 Å². The molecule has 0 spiro atoms. The SMILES string of the molecule is COCCCNC(=O)c1cncc(C(=O)NCc2ccccc2Cl)c1. The van der Waals surface area contributed by atoms with Gasteiger partial charge in [-0.2, -0.15) is 0 Å². The number of ether oxygens (including phenoxy) is 1. The van der Waals surface area contributed by atoms with Crippen LogP contribution in [0.3, 0.4) is 0 Å². The van der Waals surface area contributed by atoms with Crippen molar-refractivity contribution in [2.75, 3.05) is 20.3 Å². The van der Waals surface area contributed by atoms with Crippen LogP contribution in [-0.4, -0.2) is 37.1 Å². The van der Waals surface area contributed by atoms with Crippen molar-refractivity contribution in [3.8, 4) is 0 Å². The third-order valence-electron chi connectivity index (χ3n) is 3.47. The van der Waals surface area contributed by atoms with Crippen molar-refractivity contribution < 1.29 is 14.3 Å². The molecule has 0 aliphatic carbocycles. The summed E-state index contributed by atoms with van der Waals surface area (Å²) in [5.41, 5.74) is 1.47. The smallest absolute Gasteiger partial charge is 0.253 e. The van der Waals surface area contributed by atoms with Crippen molar-refractivity contribution >= 4 is 23.4 Å². The summed E-state index contributed by atoms with van der Waals surface area (Å²) < 4.78 is 4.93. The lowest BCUT2D eigenvalue weighted by molar-refractivity contribution is 0.0948. The van der Waals surface area contributed by atoms with Crippen molar-refractivity contribution in [1.82, 2.24) is 15.6 Å². The van der Waals surface area contributed by atoms with Crippen LogP contribution < -0.4 is 10.6 Å². The number of hydrogen-bond acceptors (Lipinski definition) is 4. The molecular formula is C18H20ClN3O3. The number of amides is 2. The largest absolute Gasteiger partial charge is 0.385 e. The molecule has 0 atom stereocenters. The van der Waals surface area contributed by atoms with E-state index in [4.69, 9.17) is 16.3 Å². The maximum absolute atomic E-state index is 12.3. The third-order valence-corrected chi connectivity index (χ3v) is 3.84. The minimum atomic E-state index is -0.318. The predicted molar refractivity (Wildman–Crippen MR) is 95.7 cm³/mol. The lowest BCUT2D eigenvalue weighted by Crippen LogP contribution is -2.27. The number of carbonyl (C=O) groups is 2. The molecule has 25 heavy (non-hydrogen) atoms. The number of carbonyl (C=O) groups excluding carboxylic acids is 2. The molecule has 0 radical (unpaired) electrons. The Morgan fingerprint density at radius 1 is 1.12 bits per heavy atom. The first-order valence-corrected chi connectivity index (χ1v) is 8.23. The molecule has 2 amide bonds. The van der Waals surface area contributed by atoms with E-state index < -0.39 is 0 Å². The van der Waals surface area contributed by atoms with Crippen molar-refractivity contribution in [2.24, 2.45) is 0 Å². The van der Waals surface area contributed by atoms with Gasteiger partial charge in [0, 0.05) is 44.2 Å². The maximum atomic E-state index is 12.3. The van der Waals surface area contributed by atoms with Crippen molar-refractivity contribution in [3.63, 3.8) is 0 Å². The molecule has 0 fully saturated rings. The van der Waals surface area contributed by atoms with E-state index in [2.05, 4.69) is 15.6 Å². The Bertz CT molecular complexity index is 737. The van der Waals surface area contributed by atoms with Crippen molar-refractivity contribution in [2.45, 2.75) is 13.0 Å². The Labute approximate surface area is 151 Å². The molecule has 0 saturated heterocycles. The zero-order valence-electron chi connectivity index (χ0n) is 13.9. The fourth-order valence-corrected chi connectivity index (χ4v) is 2.33. The summed E-state index contributed by atoms with van der Waals surface area (Å²) in [4.78, 5) is 28.3. The molecule has 7 heteroatoms. The molecule has 2 rings (SSSR count). The average Bonchev–Trinajstić information content (AvgIpc) is 2.64. The molecule has 1 aromatic heterocycles. The molecular weight excluding hydrogens is 342 g/mol. The number of aromatic nitrogens is 1. The number of benzene rings is 1. The van der Waals surface area contributed by atoms with E-state index in [0.717, 1.165) is 5.56 Å². The Morgan fingerprint density at radius 3 is 2.48 bits per heavy atom. The van der Waals surface area contributed by atoms with Crippen molar-refractivity contribution in [1.29, 1.82) is 0 Å². The highest BCUT2D eigenvalue weighted by Gasteiger charge is 2.11. The highest BCUT2D eigenvalue weighted by molar-refractivity contribution is 6.31. The summed E-state index contributed by atoms with van der Waals surface area (Å²) in [5.74, 6) is -0.592. The molecule has 2 N–H and O–H groups in total. The van der Waals surface area contributed by atoms with Crippen LogP contribution in [0.5, 0.6) is 0 Å². The van der Waals surface area contributed by atoms with Crippen LogP contribution in [-0.2, 0) is 11.3 Å². The minimum Gasteiger partial charge on any atom is -0.385 e. The van der Waals surface area contributed by atoms with E-state index >= 15 is 0 Å². The predicted octanol–water partition coefficient (Wildman–Crippen LogP) is 2.43. The summed E-state index contributed by atoms with van der Waals surface area (Å²) in [6.45, 7) is 1.37. The summed E-state index contributed by atoms with van der Waals surface area (Å²) in [6, 6.07) is 8.79. The molecule has 0 aliphatic rings. The normalized spacial score (nSPS) is 10.3. The van der Waals surface area contributed by atoms with Crippen LogP contribution in [0.15, 0.2) is 42.7 Å². The van der Waals surface area contributed by atoms with E-state index in [-0.39, 0.29) is 11.8 Å². The van der Waals surface area contributed by atoms with Crippen LogP contribution in [0.1, 0.15) is 32.7 Å². The zero-order chi connectivity index (χ0) is 18.1. The number of hydrogen-bond donors (Lipinski definition) is 2. The maximum Gasteiger partial charge on any atom is 0.253 e. The summed E-state index contributed by atoms with van der Waals surface area (Å²) in [7, 11) is 1.61. The van der Waals surface area contributed by atoms with Gasteiger partial charge >= 0.3 is 0 Å². The van der Waals surface area contributed by atoms with Crippen LogP contribution in [0.2, 0.25) is 5.02 Å². The quantitative estimate of drug-likeness (QED) is 0.708. The summed E-state index contributed by atoms with van der Waals surface area (Å²) >= 11 is 6.07. The lowest BCUT2D eigenvalue weighted by atomic mass is 10.1. The Balaban J connectivity index is 1.94. The number of rotatable bonds is 8. The molecule has 0 aliphatic heterocycles. The first-order valence-electron chi connectivity index (χ1n) is 7.85. The first kappa shape index (κ1) is 18.9. The number of nitrogens with one attached hydrogen (secondary N) is 2. The van der Waals surface area contributed by atoms with E-state index in [1.54, 1.807) is 13.2 Å². The summed E-state index contributed by atoms with van der Waals surface area (Å²) in [6.07, 6.45) is 3.56. The lowest BCUT2D eigenvalue weighted by Gasteiger charge is -2.08. The van der Waals surface area contributed by atoms with Crippen LogP contribution >= 0.6 is 11.6 Å². The Kier molecular flexibility index (Phi) is 7.37. The average molecular weight is 362 g/mol. The van der Waals surface area contributed by atoms with E-state index in [1.165, 1.54) is 18.5 Å².